The van der Waals surface area contributed by atoms with Crippen molar-refractivity contribution in [2.45, 2.75) is 39.9 Å². The predicted molar refractivity (Wildman–Crippen MR) is 114 cm³/mol. The molecule has 0 aromatic heterocycles. The minimum Gasteiger partial charge on any atom is -0.350 e. The van der Waals surface area contributed by atoms with Crippen molar-refractivity contribution in [2.24, 2.45) is 5.92 Å². The van der Waals surface area contributed by atoms with E-state index in [0.717, 1.165) is 23.2 Å². The van der Waals surface area contributed by atoms with Gasteiger partial charge in [0.15, 0.2) is 0 Å². The quantitative estimate of drug-likeness (QED) is 0.738. The van der Waals surface area contributed by atoms with E-state index in [9.17, 15) is 9.59 Å². The highest BCUT2D eigenvalue weighted by atomic mass is 16.2. The van der Waals surface area contributed by atoms with Gasteiger partial charge in [0, 0.05) is 20.0 Å². The summed E-state index contributed by atoms with van der Waals surface area (Å²) in [6.45, 7) is 6.58. The van der Waals surface area contributed by atoms with Gasteiger partial charge >= 0.3 is 0 Å². The molecule has 0 aliphatic carbocycles. The molecule has 2 N–H and O–H groups in total. The second kappa shape index (κ2) is 10.0. The minimum absolute atomic E-state index is 0.0170. The van der Waals surface area contributed by atoms with Crippen LogP contribution in [0.4, 0.5) is 0 Å². The first-order valence-electron chi connectivity index (χ1n) is 9.64. The molecule has 0 radical (unpaired) electrons. The summed E-state index contributed by atoms with van der Waals surface area (Å²) in [7, 11) is 4.11. The first kappa shape index (κ1) is 21.6. The molecule has 0 fully saturated rings. The maximum absolute atomic E-state index is 12.6. The summed E-state index contributed by atoms with van der Waals surface area (Å²) >= 11 is 0. The summed E-state index contributed by atoms with van der Waals surface area (Å²) in [6, 6.07) is 16.0. The van der Waals surface area contributed by atoms with Crippen molar-refractivity contribution >= 4 is 11.8 Å². The molecule has 2 rings (SSSR count). The molecule has 0 spiro atoms. The van der Waals surface area contributed by atoms with E-state index in [1.54, 1.807) is 0 Å². The van der Waals surface area contributed by atoms with Gasteiger partial charge in [0.1, 0.15) is 6.04 Å². The summed E-state index contributed by atoms with van der Waals surface area (Å²) in [5, 5.41) is 5.70. The van der Waals surface area contributed by atoms with Gasteiger partial charge in [-0.3, -0.25) is 9.59 Å². The normalized spacial score (nSPS) is 12.1. The summed E-state index contributed by atoms with van der Waals surface area (Å²) < 4.78 is 0. The maximum Gasteiger partial charge on any atom is 0.243 e. The highest BCUT2D eigenvalue weighted by Crippen LogP contribution is 2.24. The van der Waals surface area contributed by atoms with Gasteiger partial charge in [0.2, 0.25) is 11.8 Å². The molecule has 2 aromatic carbocycles. The summed E-state index contributed by atoms with van der Waals surface area (Å²) in [6.07, 6.45) is 0. The molecule has 0 aliphatic heterocycles. The molecule has 2 aromatic rings. The van der Waals surface area contributed by atoms with E-state index in [4.69, 9.17) is 0 Å². The molecular weight excluding hydrogens is 350 g/mol. The Hall–Kier alpha value is -2.66. The summed E-state index contributed by atoms with van der Waals surface area (Å²) in [5.41, 5.74) is 4.52. The van der Waals surface area contributed by atoms with Crippen molar-refractivity contribution in [2.75, 3.05) is 14.1 Å². The molecular formula is C23H31N3O2. The number of benzene rings is 2. The van der Waals surface area contributed by atoms with E-state index in [1.165, 1.54) is 12.5 Å². The molecule has 150 valence electrons. The van der Waals surface area contributed by atoms with Gasteiger partial charge in [-0.15, -0.1) is 0 Å². The molecule has 0 saturated heterocycles. The lowest BCUT2D eigenvalue weighted by atomic mass is 9.98. The zero-order valence-corrected chi connectivity index (χ0v) is 17.5. The Bertz CT molecular complexity index is 798. The van der Waals surface area contributed by atoms with Gasteiger partial charge in [0.05, 0.1) is 0 Å². The molecule has 0 heterocycles. The van der Waals surface area contributed by atoms with Gasteiger partial charge in [-0.05, 0) is 42.3 Å². The Kier molecular flexibility index (Phi) is 7.76. The third kappa shape index (κ3) is 6.20. The third-order valence-electron chi connectivity index (χ3n) is 4.54. The van der Waals surface area contributed by atoms with Crippen molar-refractivity contribution in [3.8, 4) is 11.1 Å². The van der Waals surface area contributed by atoms with Crippen LogP contribution in [0.1, 0.15) is 31.9 Å². The Morgan fingerprint density at radius 2 is 1.64 bits per heavy atom. The summed E-state index contributed by atoms with van der Waals surface area (Å²) in [5.74, 6) is -0.350. The van der Waals surface area contributed by atoms with Crippen molar-refractivity contribution in [3.63, 3.8) is 0 Å². The van der Waals surface area contributed by atoms with E-state index in [2.05, 4.69) is 60.0 Å². The Morgan fingerprint density at radius 1 is 1.00 bits per heavy atom. The summed E-state index contributed by atoms with van der Waals surface area (Å²) in [4.78, 5) is 26.1. The van der Waals surface area contributed by atoms with Crippen LogP contribution >= 0.6 is 0 Å². The molecule has 2 amide bonds. The lowest BCUT2D eigenvalue weighted by Gasteiger charge is -2.21. The minimum atomic E-state index is -0.532. The molecule has 5 nitrogen and oxygen atoms in total. The fraction of sp³-hybridized carbons (Fsp3) is 0.391. The average Bonchev–Trinajstić information content (AvgIpc) is 2.64. The lowest BCUT2D eigenvalue weighted by molar-refractivity contribution is -0.129. The van der Waals surface area contributed by atoms with Crippen LogP contribution in [-0.2, 0) is 22.7 Å². The number of carbonyl (C=O) groups excluding carboxylic acids is 2. The molecule has 1 atom stereocenters. The van der Waals surface area contributed by atoms with Crippen molar-refractivity contribution in [1.82, 2.24) is 15.5 Å². The van der Waals surface area contributed by atoms with Crippen LogP contribution in [0.5, 0.6) is 0 Å². The monoisotopic (exact) mass is 381 g/mol. The first-order chi connectivity index (χ1) is 13.3. The molecule has 28 heavy (non-hydrogen) atoms. The molecule has 0 bridgehead atoms. The van der Waals surface area contributed by atoms with E-state index in [0.29, 0.717) is 6.54 Å². The van der Waals surface area contributed by atoms with Crippen LogP contribution in [0.15, 0.2) is 48.5 Å². The van der Waals surface area contributed by atoms with Gasteiger partial charge in [0.25, 0.3) is 0 Å². The van der Waals surface area contributed by atoms with Crippen molar-refractivity contribution < 1.29 is 9.59 Å². The highest BCUT2D eigenvalue weighted by molar-refractivity contribution is 5.87. The number of carbonyl (C=O) groups is 2. The van der Waals surface area contributed by atoms with Crippen LogP contribution in [0.25, 0.3) is 11.1 Å². The standard InChI is InChI=1S/C23H31N3O2/c1-16(2)22(25-17(3)27)23(28)24-14-20-8-6-7-9-21(20)19-12-10-18(11-13-19)15-26(4)5/h6-13,16,22H,14-15H2,1-5H3,(H,24,28)(H,25,27). The van der Waals surface area contributed by atoms with Crippen LogP contribution in [0.3, 0.4) is 0 Å². The molecule has 5 heteroatoms. The van der Waals surface area contributed by atoms with E-state index < -0.39 is 6.04 Å². The number of amides is 2. The van der Waals surface area contributed by atoms with Gasteiger partial charge in [-0.1, -0.05) is 62.4 Å². The number of nitrogens with one attached hydrogen (secondary N) is 2. The number of nitrogens with zero attached hydrogens (tertiary/aromatic N) is 1. The number of rotatable bonds is 8. The lowest BCUT2D eigenvalue weighted by Crippen LogP contribution is -2.48. The maximum atomic E-state index is 12.6. The Balaban J connectivity index is 2.13. The Morgan fingerprint density at radius 3 is 2.21 bits per heavy atom. The van der Waals surface area contributed by atoms with Crippen LogP contribution in [0, 0.1) is 5.92 Å². The van der Waals surface area contributed by atoms with E-state index in [-0.39, 0.29) is 17.7 Å². The second-order valence-electron chi connectivity index (χ2n) is 7.73. The fourth-order valence-electron chi connectivity index (χ4n) is 3.16. The van der Waals surface area contributed by atoms with E-state index >= 15 is 0 Å². The first-order valence-corrected chi connectivity index (χ1v) is 9.64. The molecule has 1 unspecified atom stereocenters. The van der Waals surface area contributed by atoms with E-state index in [1.807, 2.05) is 32.0 Å². The van der Waals surface area contributed by atoms with Gasteiger partial charge in [-0.25, -0.2) is 0 Å². The van der Waals surface area contributed by atoms with Crippen LogP contribution in [-0.4, -0.2) is 36.9 Å². The predicted octanol–water partition coefficient (Wildman–Crippen LogP) is 3.19. The van der Waals surface area contributed by atoms with Crippen LogP contribution < -0.4 is 10.6 Å². The molecule has 0 saturated carbocycles. The third-order valence-corrected chi connectivity index (χ3v) is 4.54. The van der Waals surface area contributed by atoms with Crippen LogP contribution in [0.2, 0.25) is 0 Å². The zero-order chi connectivity index (χ0) is 20.7. The molecule has 0 aliphatic rings. The van der Waals surface area contributed by atoms with Crippen molar-refractivity contribution in [3.05, 3.63) is 59.7 Å². The SMILES string of the molecule is CC(=O)NC(C(=O)NCc1ccccc1-c1ccc(CN(C)C)cc1)C(C)C. The zero-order valence-electron chi connectivity index (χ0n) is 17.5. The number of hydrogen-bond donors (Lipinski definition) is 2. The van der Waals surface area contributed by atoms with Crippen molar-refractivity contribution in [1.29, 1.82) is 0 Å². The highest BCUT2D eigenvalue weighted by Gasteiger charge is 2.22. The largest absolute Gasteiger partial charge is 0.350 e. The fourth-order valence-corrected chi connectivity index (χ4v) is 3.16. The van der Waals surface area contributed by atoms with Gasteiger partial charge < -0.3 is 15.5 Å². The second-order valence-corrected chi connectivity index (χ2v) is 7.73. The Labute approximate surface area is 168 Å². The van der Waals surface area contributed by atoms with Gasteiger partial charge in [-0.2, -0.15) is 0 Å². The average molecular weight is 382 g/mol. The number of hydrogen-bond acceptors (Lipinski definition) is 3. The topological polar surface area (TPSA) is 61.4 Å². The smallest absolute Gasteiger partial charge is 0.243 e.